The Hall–Kier alpha value is -0.990. The maximum absolute atomic E-state index is 12.0. The van der Waals surface area contributed by atoms with Crippen molar-refractivity contribution in [2.75, 3.05) is 6.61 Å². The van der Waals surface area contributed by atoms with Gasteiger partial charge >= 0.3 is 18.3 Å². The lowest BCUT2D eigenvalue weighted by molar-refractivity contribution is -0.320. The lowest BCUT2D eigenvalue weighted by atomic mass is 10.2. The predicted molar refractivity (Wildman–Crippen MR) is 47.7 cm³/mol. The third-order valence-corrected chi connectivity index (χ3v) is 1.38. The first-order chi connectivity index (χ1) is 7.73. The fraction of sp³-hybridized carbons (Fsp3) is 0.889. The highest BCUT2D eigenvalue weighted by molar-refractivity contribution is 5.71. The van der Waals surface area contributed by atoms with E-state index in [1.54, 1.807) is 0 Å². The van der Waals surface area contributed by atoms with Crippen LogP contribution in [0.15, 0.2) is 0 Å². The van der Waals surface area contributed by atoms with Crippen molar-refractivity contribution in [1.82, 2.24) is 0 Å². The van der Waals surface area contributed by atoms with E-state index in [0.717, 1.165) is 0 Å². The molecule has 0 rings (SSSR count). The predicted octanol–water partition coefficient (Wildman–Crippen LogP) is 2.84. The molecule has 0 amide bonds. The lowest BCUT2D eigenvalue weighted by Gasteiger charge is -2.24. The van der Waals surface area contributed by atoms with Crippen LogP contribution in [0.4, 0.5) is 26.3 Å². The average molecular weight is 282 g/mol. The van der Waals surface area contributed by atoms with E-state index in [0.29, 0.717) is 0 Å². The Balaban J connectivity index is 4.52. The number of halogens is 6. The Morgan fingerprint density at radius 3 is 1.67 bits per heavy atom. The van der Waals surface area contributed by atoms with E-state index in [1.165, 1.54) is 20.8 Å². The van der Waals surface area contributed by atoms with Crippen LogP contribution in [0.3, 0.4) is 0 Å². The minimum Gasteiger partial charge on any atom is -0.458 e. The van der Waals surface area contributed by atoms with Crippen molar-refractivity contribution < 1.29 is 40.6 Å². The molecule has 0 unspecified atom stereocenters. The summed E-state index contributed by atoms with van der Waals surface area (Å²) in [4.78, 5) is 10.9. The molecule has 0 spiro atoms. The Bertz CT molecular complexity index is 274. The summed E-state index contributed by atoms with van der Waals surface area (Å²) >= 11 is 0. The zero-order valence-corrected chi connectivity index (χ0v) is 9.78. The monoisotopic (exact) mass is 282 g/mol. The number of ether oxygens (including phenoxy) is 2. The minimum absolute atomic E-state index is 1.02. The van der Waals surface area contributed by atoms with Gasteiger partial charge in [0, 0.05) is 0 Å². The van der Waals surface area contributed by atoms with Crippen molar-refractivity contribution in [3.63, 3.8) is 0 Å². The Morgan fingerprint density at radius 1 is 1.00 bits per heavy atom. The van der Waals surface area contributed by atoms with E-state index in [-0.39, 0.29) is 0 Å². The SMILES string of the molecule is CC(C)(C)OC(=O)COC(C(F)(F)F)C(F)(F)F. The summed E-state index contributed by atoms with van der Waals surface area (Å²) in [5, 5.41) is 0. The highest BCUT2D eigenvalue weighted by Gasteiger charge is 2.58. The van der Waals surface area contributed by atoms with Crippen molar-refractivity contribution in [3.8, 4) is 0 Å². The maximum Gasteiger partial charge on any atom is 0.423 e. The molecule has 3 nitrogen and oxygen atoms in total. The first kappa shape index (κ1) is 17.0. The first-order valence-corrected chi connectivity index (χ1v) is 4.70. The third-order valence-electron chi connectivity index (χ3n) is 1.38. The van der Waals surface area contributed by atoms with Gasteiger partial charge in [-0.25, -0.2) is 4.79 Å². The zero-order chi connectivity index (χ0) is 14.8. The van der Waals surface area contributed by atoms with Crippen LogP contribution < -0.4 is 0 Å². The number of hydrogen-bond donors (Lipinski definition) is 0. The molecule has 0 aliphatic heterocycles. The van der Waals surface area contributed by atoms with Crippen LogP contribution in [0, 0.1) is 0 Å². The van der Waals surface area contributed by atoms with E-state index in [1.807, 2.05) is 0 Å². The van der Waals surface area contributed by atoms with Crippen molar-refractivity contribution in [2.24, 2.45) is 0 Å². The standard InChI is InChI=1S/C9H12F6O3/c1-7(2,3)18-5(16)4-17-6(8(10,11)12)9(13,14)15/h6H,4H2,1-3H3. The van der Waals surface area contributed by atoms with Gasteiger partial charge in [-0.1, -0.05) is 0 Å². The number of carbonyl (C=O) groups excluding carboxylic acids is 1. The molecule has 0 aromatic heterocycles. The van der Waals surface area contributed by atoms with Crippen LogP contribution in [0.5, 0.6) is 0 Å². The molecule has 0 N–H and O–H groups in total. The summed E-state index contributed by atoms with van der Waals surface area (Å²) in [7, 11) is 0. The third kappa shape index (κ3) is 6.67. The zero-order valence-electron chi connectivity index (χ0n) is 9.78. The summed E-state index contributed by atoms with van der Waals surface area (Å²) in [6.45, 7) is 2.81. The molecule has 0 aromatic carbocycles. The molecule has 18 heavy (non-hydrogen) atoms. The van der Waals surface area contributed by atoms with Gasteiger partial charge in [0.05, 0.1) is 0 Å². The largest absolute Gasteiger partial charge is 0.458 e. The van der Waals surface area contributed by atoms with E-state index in [9.17, 15) is 31.1 Å². The molecule has 9 heteroatoms. The molecule has 0 bridgehead atoms. The molecule has 0 fully saturated rings. The van der Waals surface area contributed by atoms with Crippen molar-refractivity contribution in [1.29, 1.82) is 0 Å². The number of rotatable bonds is 3. The molecule has 0 aliphatic rings. The summed E-state index contributed by atoms with van der Waals surface area (Å²) in [6, 6.07) is 0. The maximum atomic E-state index is 12.0. The van der Waals surface area contributed by atoms with Gasteiger partial charge in [-0.15, -0.1) is 0 Å². The van der Waals surface area contributed by atoms with Gasteiger partial charge in [-0.3, -0.25) is 0 Å². The second kappa shape index (κ2) is 5.33. The van der Waals surface area contributed by atoms with Gasteiger partial charge in [0.1, 0.15) is 12.2 Å². The second-order valence-electron chi connectivity index (χ2n) is 4.36. The molecule has 108 valence electrons. The molecule has 0 saturated heterocycles. The van der Waals surface area contributed by atoms with Crippen molar-refractivity contribution in [2.45, 2.75) is 44.8 Å². The quantitative estimate of drug-likeness (QED) is 0.590. The Labute approximate surface area is 99.0 Å². The van der Waals surface area contributed by atoms with Crippen LogP contribution in [0.25, 0.3) is 0 Å². The van der Waals surface area contributed by atoms with Gasteiger partial charge in [-0.05, 0) is 20.8 Å². The molecule has 0 radical (unpaired) electrons. The summed E-state index contributed by atoms with van der Waals surface area (Å²) in [6.07, 6.45) is -15.3. The topological polar surface area (TPSA) is 35.5 Å². The molecule has 0 aromatic rings. The molecule has 0 atom stereocenters. The smallest absolute Gasteiger partial charge is 0.423 e. The molecule has 0 saturated carbocycles. The number of alkyl halides is 6. The second-order valence-corrected chi connectivity index (χ2v) is 4.36. The lowest BCUT2D eigenvalue weighted by Crippen LogP contribution is -2.45. The van der Waals surface area contributed by atoms with E-state index in [2.05, 4.69) is 9.47 Å². The van der Waals surface area contributed by atoms with E-state index in [4.69, 9.17) is 0 Å². The summed E-state index contributed by atoms with van der Waals surface area (Å²) in [5.41, 5.74) is -1.02. The number of carbonyl (C=O) groups is 1. The fourth-order valence-corrected chi connectivity index (χ4v) is 0.897. The molecule has 0 heterocycles. The van der Waals surface area contributed by atoms with Crippen LogP contribution in [0.2, 0.25) is 0 Å². The minimum atomic E-state index is -5.64. The van der Waals surface area contributed by atoms with Crippen LogP contribution in [-0.4, -0.2) is 36.6 Å². The summed E-state index contributed by atoms with van der Waals surface area (Å²) in [5.74, 6) is -1.30. The number of hydrogen-bond acceptors (Lipinski definition) is 3. The molecular formula is C9H12F6O3. The van der Waals surface area contributed by atoms with E-state index >= 15 is 0 Å². The van der Waals surface area contributed by atoms with Crippen LogP contribution in [0.1, 0.15) is 20.8 Å². The highest BCUT2D eigenvalue weighted by Crippen LogP contribution is 2.35. The molecular weight excluding hydrogens is 270 g/mol. The van der Waals surface area contributed by atoms with Crippen LogP contribution in [-0.2, 0) is 14.3 Å². The van der Waals surface area contributed by atoms with Gasteiger partial charge in [-0.2, -0.15) is 26.3 Å². The number of esters is 1. The highest BCUT2D eigenvalue weighted by atomic mass is 19.4. The van der Waals surface area contributed by atoms with Crippen LogP contribution >= 0.6 is 0 Å². The Morgan fingerprint density at radius 2 is 1.39 bits per heavy atom. The molecule has 0 aliphatic carbocycles. The normalized spacial score (nSPS) is 13.9. The van der Waals surface area contributed by atoms with Crippen molar-refractivity contribution in [3.05, 3.63) is 0 Å². The fourth-order valence-electron chi connectivity index (χ4n) is 0.897. The first-order valence-electron chi connectivity index (χ1n) is 4.70. The van der Waals surface area contributed by atoms with Crippen molar-refractivity contribution >= 4 is 5.97 Å². The average Bonchev–Trinajstić information content (AvgIpc) is 1.93. The van der Waals surface area contributed by atoms with Gasteiger partial charge in [0.25, 0.3) is 0 Å². The van der Waals surface area contributed by atoms with Gasteiger partial charge in [0.15, 0.2) is 0 Å². The van der Waals surface area contributed by atoms with E-state index < -0.39 is 36.6 Å². The Kier molecular flexibility index (Phi) is 5.04. The van der Waals surface area contributed by atoms with Gasteiger partial charge < -0.3 is 9.47 Å². The summed E-state index contributed by atoms with van der Waals surface area (Å²) < 4.78 is 80.1. The van der Waals surface area contributed by atoms with Gasteiger partial charge in [0.2, 0.25) is 6.10 Å².